The number of amides is 1. The summed E-state index contributed by atoms with van der Waals surface area (Å²) in [6.45, 7) is 1.06. The van der Waals surface area contributed by atoms with Crippen LogP contribution in [0.25, 0.3) is 5.52 Å². The van der Waals surface area contributed by atoms with Crippen LogP contribution in [0.3, 0.4) is 0 Å². The van der Waals surface area contributed by atoms with Gasteiger partial charge in [0.05, 0.1) is 29.4 Å². The van der Waals surface area contributed by atoms with Crippen LogP contribution in [0.4, 0.5) is 28.9 Å². The molecule has 0 spiro atoms. The van der Waals surface area contributed by atoms with Gasteiger partial charge in [0, 0.05) is 62.5 Å². The number of methoxy groups -OCH3 is 1. The minimum absolute atomic E-state index is 0.0149. The first-order chi connectivity index (χ1) is 19.6. The van der Waals surface area contributed by atoms with E-state index in [2.05, 4.69) is 27.8 Å². The number of hydrogen-bond acceptors (Lipinski definition) is 7. The van der Waals surface area contributed by atoms with Gasteiger partial charge in [-0.25, -0.2) is 4.39 Å². The van der Waals surface area contributed by atoms with Gasteiger partial charge in [-0.05, 0) is 43.8 Å². The van der Waals surface area contributed by atoms with Gasteiger partial charge in [-0.3, -0.25) is 4.79 Å². The number of aromatic nitrogens is 1. The number of carbonyl (C=O) groups is 1. The number of benzene rings is 1. The highest BCUT2D eigenvalue weighted by Crippen LogP contribution is 2.40. The fourth-order valence-corrected chi connectivity index (χ4v) is 5.19. The van der Waals surface area contributed by atoms with E-state index in [1.165, 1.54) is 24.8 Å². The predicted octanol–water partition coefficient (Wildman–Crippen LogP) is 4.81. The van der Waals surface area contributed by atoms with Gasteiger partial charge in [0.25, 0.3) is 5.91 Å². The monoisotopic (exact) mass is 593 g/mol. The molecule has 4 rings (SSSR count). The van der Waals surface area contributed by atoms with Crippen LogP contribution < -0.4 is 20.7 Å². The third-order valence-corrected chi connectivity index (χ3v) is 7.25. The van der Waals surface area contributed by atoms with Crippen molar-refractivity contribution in [3.8, 4) is 17.6 Å². The van der Waals surface area contributed by atoms with Crippen LogP contribution in [0, 0.1) is 11.8 Å². The number of hydrogen-bond donors (Lipinski definition) is 3. The molecule has 3 N–H and O–H groups in total. The molecule has 1 fully saturated rings. The van der Waals surface area contributed by atoms with E-state index in [9.17, 15) is 22.4 Å². The topological polar surface area (TPSA) is 79.3 Å². The van der Waals surface area contributed by atoms with Crippen LogP contribution >= 0.6 is 11.8 Å². The molecule has 1 aliphatic rings. The molecular weight excluding hydrogens is 562 g/mol. The highest BCUT2D eigenvalue weighted by molar-refractivity contribution is 8.00. The second-order valence-electron chi connectivity index (χ2n) is 9.44. The predicted molar refractivity (Wildman–Crippen MR) is 151 cm³/mol. The quantitative estimate of drug-likeness (QED) is 0.142. The maximum absolute atomic E-state index is 14.7. The summed E-state index contributed by atoms with van der Waals surface area (Å²) in [5.41, 5.74) is -2.46. The smallest absolute Gasteiger partial charge is 0.447 e. The van der Waals surface area contributed by atoms with Gasteiger partial charge >= 0.3 is 5.51 Å². The number of piperidine rings is 1. The van der Waals surface area contributed by atoms with E-state index in [1.54, 1.807) is 36.4 Å². The summed E-state index contributed by atoms with van der Waals surface area (Å²) in [5, 5.41) is 8.72. The number of thioether (sulfide) groups is 1. The molecule has 220 valence electrons. The lowest BCUT2D eigenvalue weighted by molar-refractivity contribution is -0.0329. The second-order valence-corrected chi connectivity index (χ2v) is 10.5. The molecule has 1 amide bonds. The highest BCUT2D eigenvalue weighted by Gasteiger charge is 2.33. The van der Waals surface area contributed by atoms with Crippen LogP contribution in [-0.4, -0.2) is 80.6 Å². The first kappa shape index (κ1) is 30.4. The Balaban J connectivity index is 1.59. The number of alkyl halides is 4. The third kappa shape index (κ3) is 8.00. The molecule has 3 heterocycles. The number of nitrogens with zero attached hydrogens (tertiary/aromatic N) is 2. The number of pyridine rings is 1. The van der Waals surface area contributed by atoms with Crippen LogP contribution in [0.2, 0.25) is 0 Å². The van der Waals surface area contributed by atoms with Crippen molar-refractivity contribution in [2.45, 2.75) is 29.2 Å². The molecule has 0 aliphatic carbocycles. The Morgan fingerprint density at radius 3 is 2.76 bits per heavy atom. The molecule has 2 atom stereocenters. The van der Waals surface area contributed by atoms with Crippen LogP contribution in [-0.2, 0) is 4.74 Å². The van der Waals surface area contributed by atoms with E-state index in [1.807, 2.05) is 11.9 Å². The van der Waals surface area contributed by atoms with E-state index in [0.29, 0.717) is 41.2 Å². The van der Waals surface area contributed by atoms with Crippen LogP contribution in [0.1, 0.15) is 22.3 Å². The molecule has 0 radical (unpaired) electrons. The summed E-state index contributed by atoms with van der Waals surface area (Å²) in [7, 11) is 4.83. The summed E-state index contributed by atoms with van der Waals surface area (Å²) < 4.78 is 67.0. The zero-order valence-corrected chi connectivity index (χ0v) is 23.6. The number of likely N-dealkylation sites (tertiary alicyclic amines) is 1. The number of anilines is 2. The zero-order chi connectivity index (χ0) is 29.6. The largest absolute Gasteiger partial charge is 0.467 e. The van der Waals surface area contributed by atoms with Crippen LogP contribution in [0.5, 0.6) is 5.75 Å². The maximum atomic E-state index is 14.7. The summed E-state index contributed by atoms with van der Waals surface area (Å²) in [5.74, 6) is 5.79. The van der Waals surface area contributed by atoms with Gasteiger partial charge in [0.15, 0.2) is 6.79 Å². The first-order valence-electron chi connectivity index (χ1n) is 12.8. The number of halogens is 4. The SMILES string of the molecule is CNC(=O)c1cc(NCC#Cc2cc3c(N[C@@H]4CCN(C)C[C@@H]4F)cccn3c2SC(F)(F)F)cc(OCOC)c1. The highest BCUT2D eigenvalue weighted by atomic mass is 32.2. The lowest BCUT2D eigenvalue weighted by atomic mass is 10.0. The van der Waals surface area contributed by atoms with Crippen molar-refractivity contribution in [1.82, 2.24) is 14.6 Å². The summed E-state index contributed by atoms with van der Waals surface area (Å²) >= 11 is -0.251. The van der Waals surface area contributed by atoms with Gasteiger partial charge < -0.3 is 34.7 Å². The third-order valence-electron chi connectivity index (χ3n) is 6.40. The normalized spacial score (nSPS) is 17.5. The molecule has 3 aromatic rings. The fourth-order valence-electron chi connectivity index (χ4n) is 4.49. The average Bonchev–Trinajstić information content (AvgIpc) is 3.27. The number of fused-ring (bicyclic) bond motifs is 1. The Bertz CT molecular complexity index is 1440. The fraction of sp³-hybridized carbons (Fsp3) is 0.393. The van der Waals surface area contributed by atoms with E-state index in [-0.39, 0.29) is 48.1 Å². The van der Waals surface area contributed by atoms with E-state index < -0.39 is 17.7 Å². The summed E-state index contributed by atoms with van der Waals surface area (Å²) in [6, 6.07) is 9.30. The average molecular weight is 594 g/mol. The van der Waals surface area contributed by atoms with Crippen molar-refractivity contribution >= 4 is 34.6 Å². The minimum atomic E-state index is -4.54. The van der Waals surface area contributed by atoms with Crippen molar-refractivity contribution in [3.05, 3.63) is 53.7 Å². The van der Waals surface area contributed by atoms with Crippen molar-refractivity contribution in [3.63, 3.8) is 0 Å². The maximum Gasteiger partial charge on any atom is 0.447 e. The number of carbonyl (C=O) groups excluding carboxylic acids is 1. The molecule has 41 heavy (non-hydrogen) atoms. The van der Waals surface area contributed by atoms with Crippen molar-refractivity contribution in [1.29, 1.82) is 0 Å². The zero-order valence-electron chi connectivity index (χ0n) is 22.8. The van der Waals surface area contributed by atoms with Gasteiger partial charge in [-0.1, -0.05) is 11.8 Å². The van der Waals surface area contributed by atoms with Crippen molar-refractivity contribution in [2.75, 3.05) is 58.3 Å². The molecular formula is C28H31F4N5O3S. The van der Waals surface area contributed by atoms with E-state index in [4.69, 9.17) is 9.47 Å². The number of ether oxygens (including phenoxy) is 2. The molecule has 0 bridgehead atoms. The lowest BCUT2D eigenvalue weighted by Gasteiger charge is -2.33. The lowest BCUT2D eigenvalue weighted by Crippen LogP contribution is -2.46. The summed E-state index contributed by atoms with van der Waals surface area (Å²) in [6.07, 6.45) is 0.993. The Hall–Kier alpha value is -3.60. The molecule has 8 nitrogen and oxygen atoms in total. The Morgan fingerprint density at radius 2 is 2.05 bits per heavy atom. The molecule has 1 aliphatic heterocycles. The van der Waals surface area contributed by atoms with Gasteiger partial charge in [-0.15, -0.1) is 0 Å². The number of nitrogens with one attached hydrogen (secondary N) is 3. The van der Waals surface area contributed by atoms with E-state index >= 15 is 0 Å². The molecule has 2 aromatic heterocycles. The van der Waals surface area contributed by atoms with Crippen LogP contribution in [0.15, 0.2) is 47.6 Å². The second kappa shape index (κ2) is 13.4. The number of rotatable bonds is 9. The van der Waals surface area contributed by atoms with Gasteiger partial charge in [0.1, 0.15) is 16.9 Å². The Labute approximate surface area is 239 Å². The van der Waals surface area contributed by atoms with Gasteiger partial charge in [0.2, 0.25) is 0 Å². The van der Waals surface area contributed by atoms with Crippen molar-refractivity contribution < 1.29 is 31.8 Å². The first-order valence-corrected chi connectivity index (χ1v) is 13.6. The molecule has 1 saturated heterocycles. The summed E-state index contributed by atoms with van der Waals surface area (Å²) in [4.78, 5) is 14.1. The molecule has 0 unspecified atom stereocenters. The molecule has 1 aromatic carbocycles. The molecule has 13 heteroatoms. The van der Waals surface area contributed by atoms with Gasteiger partial charge in [-0.2, -0.15) is 13.2 Å². The molecule has 0 saturated carbocycles. The Morgan fingerprint density at radius 1 is 1.24 bits per heavy atom. The van der Waals surface area contributed by atoms with Crippen molar-refractivity contribution in [2.24, 2.45) is 0 Å². The Kier molecular flexibility index (Phi) is 9.90. The standard InChI is InChI=1S/C28H31F4N5O3S/c1-33-26(38)19-12-20(15-21(13-19)40-17-39-3)34-9-4-6-18-14-25-24(35-23-8-11-36(2)16-22(23)29)7-5-10-37(25)27(18)41-28(30,31)32/h5,7,10,12-15,22-23,34-35H,8-9,11,16-17H2,1-3H3,(H,33,38)/t22-,23+/m0/s1. The minimum Gasteiger partial charge on any atom is -0.467 e. The van der Waals surface area contributed by atoms with E-state index in [0.717, 1.165) is 0 Å².